The van der Waals surface area contributed by atoms with E-state index in [1.165, 1.54) is 6.20 Å². The maximum Gasteiger partial charge on any atom is 0.239 e. The standard InChI is InChI=1S/C14H19ClN6O2/c1-20(8-13-19-17-10-21(13)5-6-23-2)9-14(22)18-12-4-3-11(15)7-16-12/h3-4,7,10H,5-6,8-9H2,1-2H3,(H,16,18,22). The maximum atomic E-state index is 12.0. The first kappa shape index (κ1) is 17.3. The van der Waals surface area contributed by atoms with Crippen LogP contribution in [0.1, 0.15) is 5.82 Å². The lowest BCUT2D eigenvalue weighted by molar-refractivity contribution is -0.117. The van der Waals surface area contributed by atoms with Gasteiger partial charge in [-0.3, -0.25) is 9.69 Å². The highest BCUT2D eigenvalue weighted by Crippen LogP contribution is 2.09. The highest BCUT2D eigenvalue weighted by Gasteiger charge is 2.11. The van der Waals surface area contributed by atoms with Crippen LogP contribution in [0.3, 0.4) is 0 Å². The summed E-state index contributed by atoms with van der Waals surface area (Å²) in [7, 11) is 3.48. The van der Waals surface area contributed by atoms with Gasteiger partial charge in [-0.1, -0.05) is 11.6 Å². The Morgan fingerprint density at radius 1 is 1.48 bits per heavy atom. The molecule has 23 heavy (non-hydrogen) atoms. The van der Waals surface area contributed by atoms with E-state index in [2.05, 4.69) is 20.5 Å². The van der Waals surface area contributed by atoms with E-state index >= 15 is 0 Å². The van der Waals surface area contributed by atoms with E-state index < -0.39 is 0 Å². The maximum absolute atomic E-state index is 12.0. The molecule has 0 atom stereocenters. The number of nitrogens with zero attached hydrogens (tertiary/aromatic N) is 5. The van der Waals surface area contributed by atoms with Crippen molar-refractivity contribution >= 4 is 23.3 Å². The lowest BCUT2D eigenvalue weighted by atomic mass is 10.4. The van der Waals surface area contributed by atoms with Crippen molar-refractivity contribution in [2.24, 2.45) is 0 Å². The third-order valence-corrected chi connectivity index (χ3v) is 3.28. The number of anilines is 1. The third kappa shape index (κ3) is 5.59. The number of ether oxygens (including phenoxy) is 1. The molecule has 0 saturated carbocycles. The van der Waals surface area contributed by atoms with Crippen molar-refractivity contribution in [1.29, 1.82) is 0 Å². The number of hydrogen-bond donors (Lipinski definition) is 1. The van der Waals surface area contributed by atoms with Crippen LogP contribution < -0.4 is 5.32 Å². The molecule has 2 heterocycles. The van der Waals surface area contributed by atoms with E-state index in [0.29, 0.717) is 30.5 Å². The number of amides is 1. The summed E-state index contributed by atoms with van der Waals surface area (Å²) in [6.45, 7) is 1.97. The van der Waals surface area contributed by atoms with E-state index in [1.54, 1.807) is 25.6 Å². The second-order valence-electron chi connectivity index (χ2n) is 5.02. The van der Waals surface area contributed by atoms with Crippen LogP contribution in [0.2, 0.25) is 5.02 Å². The fourth-order valence-corrected chi connectivity index (χ4v) is 2.06. The molecule has 2 rings (SSSR count). The Balaban J connectivity index is 1.84. The van der Waals surface area contributed by atoms with E-state index in [9.17, 15) is 4.79 Å². The summed E-state index contributed by atoms with van der Waals surface area (Å²) in [5, 5.41) is 11.2. The highest BCUT2D eigenvalue weighted by molar-refractivity contribution is 6.30. The summed E-state index contributed by atoms with van der Waals surface area (Å²) in [5.41, 5.74) is 0. The Morgan fingerprint density at radius 3 is 3.00 bits per heavy atom. The van der Waals surface area contributed by atoms with Crippen LogP contribution in [0.15, 0.2) is 24.7 Å². The Labute approximate surface area is 139 Å². The minimum Gasteiger partial charge on any atom is -0.383 e. The van der Waals surface area contributed by atoms with Crippen molar-refractivity contribution in [2.45, 2.75) is 13.1 Å². The smallest absolute Gasteiger partial charge is 0.239 e. The Bertz CT molecular complexity index is 630. The van der Waals surface area contributed by atoms with Crippen LogP contribution >= 0.6 is 11.6 Å². The summed E-state index contributed by atoms with van der Waals surface area (Å²) in [4.78, 5) is 17.9. The van der Waals surface area contributed by atoms with Crippen molar-refractivity contribution in [3.63, 3.8) is 0 Å². The van der Waals surface area contributed by atoms with Crippen molar-refractivity contribution in [2.75, 3.05) is 32.6 Å². The molecule has 0 radical (unpaired) electrons. The first-order valence-electron chi connectivity index (χ1n) is 7.04. The van der Waals surface area contributed by atoms with Gasteiger partial charge in [-0.15, -0.1) is 10.2 Å². The molecule has 1 N–H and O–H groups in total. The monoisotopic (exact) mass is 338 g/mol. The summed E-state index contributed by atoms with van der Waals surface area (Å²) >= 11 is 5.76. The lowest BCUT2D eigenvalue weighted by Gasteiger charge is -2.16. The zero-order valence-corrected chi connectivity index (χ0v) is 13.8. The van der Waals surface area contributed by atoms with Gasteiger partial charge < -0.3 is 14.6 Å². The van der Waals surface area contributed by atoms with E-state index in [-0.39, 0.29) is 12.5 Å². The van der Waals surface area contributed by atoms with Crippen LogP contribution in [-0.2, 0) is 22.6 Å². The number of hydrogen-bond acceptors (Lipinski definition) is 6. The Hall–Kier alpha value is -2.03. The lowest BCUT2D eigenvalue weighted by Crippen LogP contribution is -2.31. The number of carbonyl (C=O) groups excluding carboxylic acids is 1. The molecule has 0 saturated heterocycles. The number of nitrogens with one attached hydrogen (secondary N) is 1. The van der Waals surface area contributed by atoms with Crippen molar-refractivity contribution in [1.82, 2.24) is 24.6 Å². The van der Waals surface area contributed by atoms with Gasteiger partial charge in [-0.25, -0.2) is 4.98 Å². The van der Waals surface area contributed by atoms with Crippen LogP contribution in [0.25, 0.3) is 0 Å². The van der Waals surface area contributed by atoms with Gasteiger partial charge in [0.1, 0.15) is 18.0 Å². The molecule has 0 aromatic carbocycles. The molecule has 1 amide bonds. The number of pyridine rings is 1. The van der Waals surface area contributed by atoms with Crippen LogP contribution in [0.5, 0.6) is 0 Å². The van der Waals surface area contributed by atoms with E-state index in [1.807, 2.05) is 16.5 Å². The molecule has 9 heteroatoms. The molecule has 0 aliphatic carbocycles. The van der Waals surface area contributed by atoms with Gasteiger partial charge >= 0.3 is 0 Å². The third-order valence-electron chi connectivity index (χ3n) is 3.05. The summed E-state index contributed by atoms with van der Waals surface area (Å²) in [6.07, 6.45) is 3.14. The van der Waals surface area contributed by atoms with E-state index in [4.69, 9.17) is 16.3 Å². The number of aromatic nitrogens is 4. The van der Waals surface area contributed by atoms with Gasteiger partial charge in [-0.2, -0.15) is 0 Å². The predicted octanol–water partition coefficient (Wildman–Crippen LogP) is 1.04. The van der Waals surface area contributed by atoms with Gasteiger partial charge in [0.2, 0.25) is 5.91 Å². The molecule has 0 aliphatic heterocycles. The first-order valence-corrected chi connectivity index (χ1v) is 7.42. The summed E-state index contributed by atoms with van der Waals surface area (Å²) in [6, 6.07) is 3.33. The molecule has 2 aromatic rings. The van der Waals surface area contributed by atoms with Crippen LogP contribution in [0, 0.1) is 0 Å². The minimum atomic E-state index is -0.162. The highest BCUT2D eigenvalue weighted by atomic mass is 35.5. The number of likely N-dealkylation sites (N-methyl/N-ethyl adjacent to an activating group) is 1. The fraction of sp³-hybridized carbons (Fsp3) is 0.429. The quantitative estimate of drug-likeness (QED) is 0.774. The molecule has 8 nitrogen and oxygen atoms in total. The molecular weight excluding hydrogens is 320 g/mol. The zero-order chi connectivity index (χ0) is 16.7. The summed E-state index contributed by atoms with van der Waals surface area (Å²) < 4.78 is 6.95. The van der Waals surface area contributed by atoms with Crippen LogP contribution in [0.4, 0.5) is 5.82 Å². The normalized spacial score (nSPS) is 11.0. The molecular formula is C14H19ClN6O2. The number of halogens is 1. The molecule has 0 fully saturated rings. The van der Waals surface area contributed by atoms with Gasteiger partial charge in [0.05, 0.1) is 24.7 Å². The molecule has 0 unspecified atom stereocenters. The summed E-state index contributed by atoms with van der Waals surface area (Å²) in [5.74, 6) is 1.09. The Morgan fingerprint density at radius 2 is 2.30 bits per heavy atom. The molecule has 0 bridgehead atoms. The van der Waals surface area contributed by atoms with Gasteiger partial charge in [-0.05, 0) is 19.2 Å². The van der Waals surface area contributed by atoms with Crippen LogP contribution in [-0.4, -0.2) is 57.9 Å². The predicted molar refractivity (Wildman–Crippen MR) is 86.1 cm³/mol. The first-order chi connectivity index (χ1) is 11.1. The van der Waals surface area contributed by atoms with Gasteiger partial charge in [0.25, 0.3) is 0 Å². The average molecular weight is 339 g/mol. The molecule has 124 valence electrons. The largest absolute Gasteiger partial charge is 0.383 e. The molecule has 0 aliphatic rings. The van der Waals surface area contributed by atoms with Crippen molar-refractivity contribution in [3.8, 4) is 0 Å². The Kier molecular flexibility index (Phi) is 6.45. The van der Waals surface area contributed by atoms with Gasteiger partial charge in [0, 0.05) is 19.9 Å². The zero-order valence-electron chi connectivity index (χ0n) is 13.1. The average Bonchev–Trinajstić information content (AvgIpc) is 2.94. The minimum absolute atomic E-state index is 0.162. The van der Waals surface area contributed by atoms with Crippen molar-refractivity contribution < 1.29 is 9.53 Å². The number of carbonyl (C=O) groups is 1. The van der Waals surface area contributed by atoms with Crippen molar-refractivity contribution in [3.05, 3.63) is 35.5 Å². The molecule has 2 aromatic heterocycles. The number of methoxy groups -OCH3 is 1. The SMILES string of the molecule is COCCn1cnnc1CN(C)CC(=O)Nc1ccc(Cl)cn1. The van der Waals surface area contributed by atoms with Gasteiger partial charge in [0.15, 0.2) is 0 Å². The topological polar surface area (TPSA) is 85.2 Å². The van der Waals surface area contributed by atoms with E-state index in [0.717, 1.165) is 5.82 Å². The fourth-order valence-electron chi connectivity index (χ4n) is 1.95. The second-order valence-corrected chi connectivity index (χ2v) is 5.45. The number of rotatable bonds is 8. The second kappa shape index (κ2) is 8.56. The molecule has 0 spiro atoms.